The van der Waals surface area contributed by atoms with E-state index in [-0.39, 0.29) is 37.4 Å². The summed E-state index contributed by atoms with van der Waals surface area (Å²) in [6, 6.07) is 14.3. The van der Waals surface area contributed by atoms with Crippen molar-refractivity contribution in [2.24, 2.45) is 0 Å². The van der Waals surface area contributed by atoms with Gasteiger partial charge in [-0.05, 0) is 49.1 Å². The summed E-state index contributed by atoms with van der Waals surface area (Å²) in [6.45, 7) is 0.124. The van der Waals surface area contributed by atoms with E-state index < -0.39 is 40.9 Å². The maximum absolute atomic E-state index is 13.6. The van der Waals surface area contributed by atoms with Crippen LogP contribution in [0.15, 0.2) is 59.5 Å². The Morgan fingerprint density at radius 3 is 2.36 bits per heavy atom. The van der Waals surface area contributed by atoms with Gasteiger partial charge >= 0.3 is 6.09 Å². The van der Waals surface area contributed by atoms with Gasteiger partial charge in [0.25, 0.3) is 10.0 Å². The van der Waals surface area contributed by atoms with Crippen molar-refractivity contribution >= 4 is 16.1 Å². The van der Waals surface area contributed by atoms with Crippen LogP contribution >= 0.6 is 0 Å². The van der Waals surface area contributed by atoms with E-state index in [0.29, 0.717) is 18.6 Å². The second-order valence-electron chi connectivity index (χ2n) is 9.57. The van der Waals surface area contributed by atoms with E-state index in [1.165, 1.54) is 19.2 Å². The van der Waals surface area contributed by atoms with Crippen LogP contribution in [0.1, 0.15) is 31.2 Å². The number of amides is 1. The van der Waals surface area contributed by atoms with Crippen molar-refractivity contribution in [2.75, 3.05) is 33.7 Å². The third-order valence-corrected chi connectivity index (χ3v) is 8.28. The van der Waals surface area contributed by atoms with Gasteiger partial charge in [-0.1, -0.05) is 47.6 Å². The van der Waals surface area contributed by atoms with E-state index in [4.69, 9.17) is 23.8 Å². The molecule has 4 rings (SSSR count). The molecule has 2 atom stereocenters. The molecule has 11 nitrogen and oxygen atoms in total. The SMILES string of the molecule is COc1ccc(S(=O)(=O)N(CC(O)C(Cc2ccccc2)NC(=O)OC2COCOC2)OC2CCCC2)cc1. The maximum atomic E-state index is 13.6. The second kappa shape index (κ2) is 14.1. The number of nitrogens with zero attached hydrogens (tertiary/aromatic N) is 1. The number of methoxy groups -OCH3 is 1. The molecular weight excluding hydrogens is 528 g/mol. The number of nitrogens with one attached hydrogen (secondary N) is 1. The van der Waals surface area contributed by atoms with Crippen LogP contribution in [0.25, 0.3) is 0 Å². The number of hydroxylamine groups is 1. The molecule has 39 heavy (non-hydrogen) atoms. The highest BCUT2D eigenvalue weighted by Crippen LogP contribution is 2.27. The smallest absolute Gasteiger partial charge is 0.407 e. The van der Waals surface area contributed by atoms with Gasteiger partial charge < -0.3 is 29.4 Å². The van der Waals surface area contributed by atoms with Gasteiger partial charge in [0, 0.05) is 0 Å². The monoisotopic (exact) mass is 564 g/mol. The number of benzene rings is 2. The number of hydrogen-bond donors (Lipinski definition) is 2. The topological polar surface area (TPSA) is 133 Å². The second-order valence-corrected chi connectivity index (χ2v) is 11.4. The fourth-order valence-corrected chi connectivity index (χ4v) is 5.82. The first-order valence-electron chi connectivity index (χ1n) is 13.0. The number of carbonyl (C=O) groups excluding carboxylic acids is 1. The average molecular weight is 565 g/mol. The Morgan fingerprint density at radius 1 is 1.05 bits per heavy atom. The van der Waals surface area contributed by atoms with Gasteiger partial charge in [0.1, 0.15) is 12.5 Å². The molecule has 1 heterocycles. The zero-order chi connectivity index (χ0) is 27.7. The zero-order valence-corrected chi connectivity index (χ0v) is 22.8. The van der Waals surface area contributed by atoms with E-state index in [1.54, 1.807) is 12.1 Å². The maximum Gasteiger partial charge on any atom is 0.407 e. The van der Waals surface area contributed by atoms with Gasteiger partial charge in [-0.15, -0.1) is 0 Å². The van der Waals surface area contributed by atoms with Crippen LogP contribution in [0.2, 0.25) is 0 Å². The van der Waals surface area contributed by atoms with E-state index in [1.807, 2.05) is 30.3 Å². The number of ether oxygens (including phenoxy) is 4. The van der Waals surface area contributed by atoms with Crippen LogP contribution in [0.5, 0.6) is 5.75 Å². The molecule has 2 N–H and O–H groups in total. The first-order chi connectivity index (χ1) is 18.8. The number of rotatable bonds is 12. The predicted octanol–water partition coefficient (Wildman–Crippen LogP) is 2.63. The number of aliphatic hydroxyl groups excluding tert-OH is 1. The van der Waals surface area contributed by atoms with Crippen LogP contribution in [-0.2, 0) is 35.5 Å². The lowest BCUT2D eigenvalue weighted by molar-refractivity contribution is -0.153. The summed E-state index contributed by atoms with van der Waals surface area (Å²) in [4.78, 5) is 18.7. The van der Waals surface area contributed by atoms with Gasteiger partial charge in [-0.25, -0.2) is 13.2 Å². The molecule has 2 fully saturated rings. The summed E-state index contributed by atoms with van der Waals surface area (Å²) < 4.78 is 49.0. The Labute approximate surface area is 228 Å². The first kappa shape index (κ1) is 29.2. The largest absolute Gasteiger partial charge is 0.497 e. The van der Waals surface area contributed by atoms with Crippen molar-refractivity contribution in [1.82, 2.24) is 9.79 Å². The number of alkyl carbamates (subject to hydrolysis) is 1. The van der Waals surface area contributed by atoms with Crippen LogP contribution in [0, 0.1) is 0 Å². The number of aliphatic hydroxyl groups is 1. The quantitative estimate of drug-likeness (QED) is 0.373. The molecule has 0 bridgehead atoms. The third-order valence-electron chi connectivity index (χ3n) is 6.64. The summed E-state index contributed by atoms with van der Waals surface area (Å²) in [7, 11) is -2.65. The minimum Gasteiger partial charge on any atom is -0.497 e. The molecule has 214 valence electrons. The third kappa shape index (κ3) is 8.37. The highest BCUT2D eigenvalue weighted by atomic mass is 32.2. The van der Waals surface area contributed by atoms with E-state index in [9.17, 15) is 18.3 Å². The van der Waals surface area contributed by atoms with Gasteiger partial charge in [-0.2, -0.15) is 0 Å². The van der Waals surface area contributed by atoms with E-state index in [0.717, 1.165) is 22.9 Å². The number of carbonyl (C=O) groups is 1. The van der Waals surface area contributed by atoms with E-state index in [2.05, 4.69) is 5.32 Å². The molecule has 2 aliphatic rings. The zero-order valence-electron chi connectivity index (χ0n) is 21.9. The lowest BCUT2D eigenvalue weighted by Crippen LogP contribution is -2.52. The predicted molar refractivity (Wildman–Crippen MR) is 140 cm³/mol. The van der Waals surface area contributed by atoms with Gasteiger partial charge in [0.05, 0.1) is 50.0 Å². The van der Waals surface area contributed by atoms with Crippen molar-refractivity contribution in [1.29, 1.82) is 0 Å². The normalized spacial score (nSPS) is 18.5. The Balaban J connectivity index is 1.53. The van der Waals surface area contributed by atoms with Crippen LogP contribution < -0.4 is 10.1 Å². The minimum atomic E-state index is -4.15. The van der Waals surface area contributed by atoms with Crippen LogP contribution in [0.3, 0.4) is 0 Å². The standard InChI is InChI=1S/C27H36N2O9S/c1-34-21-11-13-24(14-12-21)39(32,33)29(38-22-9-5-6-10-22)16-26(30)25(15-20-7-3-2-4-8-20)28-27(31)37-23-17-35-19-36-18-23/h2-4,7-8,11-14,22-23,25-26,30H,5-6,9-10,15-19H2,1H3,(H,28,31). The summed E-state index contributed by atoms with van der Waals surface area (Å²) >= 11 is 0. The summed E-state index contributed by atoms with van der Waals surface area (Å²) in [6.07, 6.45) is 0.552. The molecule has 0 radical (unpaired) electrons. The van der Waals surface area contributed by atoms with Crippen molar-refractivity contribution in [3.8, 4) is 5.75 Å². The van der Waals surface area contributed by atoms with Crippen molar-refractivity contribution in [2.45, 2.75) is 61.4 Å². The fraction of sp³-hybridized carbons (Fsp3) is 0.519. The first-order valence-corrected chi connectivity index (χ1v) is 14.5. The lowest BCUT2D eigenvalue weighted by Gasteiger charge is -2.31. The molecule has 1 aliphatic heterocycles. The average Bonchev–Trinajstić information content (AvgIpc) is 3.46. The lowest BCUT2D eigenvalue weighted by atomic mass is 10.0. The molecule has 2 aromatic rings. The van der Waals surface area contributed by atoms with Crippen molar-refractivity contribution in [3.05, 3.63) is 60.2 Å². The van der Waals surface area contributed by atoms with Crippen molar-refractivity contribution in [3.63, 3.8) is 0 Å². The Kier molecular flexibility index (Phi) is 10.5. The minimum absolute atomic E-state index is 0.00206. The van der Waals surface area contributed by atoms with Crippen LogP contribution in [-0.4, -0.2) is 82.1 Å². The summed E-state index contributed by atoms with van der Waals surface area (Å²) in [5.74, 6) is 0.511. The highest BCUT2D eigenvalue weighted by molar-refractivity contribution is 7.89. The molecule has 2 unspecified atom stereocenters. The highest BCUT2D eigenvalue weighted by Gasteiger charge is 2.35. The number of sulfonamides is 1. The molecule has 2 aromatic carbocycles. The van der Waals surface area contributed by atoms with Gasteiger partial charge in [0.15, 0.2) is 6.10 Å². The molecule has 1 saturated carbocycles. The molecule has 0 spiro atoms. The Bertz CT molecular complexity index is 1140. The van der Waals surface area contributed by atoms with Crippen LogP contribution in [0.4, 0.5) is 4.79 Å². The summed E-state index contributed by atoms with van der Waals surface area (Å²) in [5.41, 5.74) is 0.840. The molecule has 1 saturated heterocycles. The van der Waals surface area contributed by atoms with Gasteiger partial charge in [-0.3, -0.25) is 4.84 Å². The van der Waals surface area contributed by atoms with Crippen molar-refractivity contribution < 1.29 is 42.1 Å². The molecular formula is C27H36N2O9S. The molecule has 1 amide bonds. The van der Waals surface area contributed by atoms with E-state index >= 15 is 0 Å². The summed E-state index contributed by atoms with van der Waals surface area (Å²) in [5, 5.41) is 14.0. The molecule has 12 heteroatoms. The molecule has 0 aromatic heterocycles. The Morgan fingerprint density at radius 2 is 1.72 bits per heavy atom. The Hall–Kier alpha value is -2.74. The number of hydrogen-bond acceptors (Lipinski definition) is 9. The van der Waals surface area contributed by atoms with Gasteiger partial charge in [0.2, 0.25) is 0 Å². The molecule has 1 aliphatic carbocycles. The fourth-order valence-electron chi connectivity index (χ4n) is 4.53.